The fourth-order valence-corrected chi connectivity index (χ4v) is 16.6. The quantitative estimate of drug-likeness (QED) is 0.0357. The Morgan fingerprint density at radius 2 is 1.09 bits per heavy atom. The smallest absolute Gasteiger partial charge is 0.387 e. The molecule has 634 valence electrons. The number of aromatic carboxylic acids is 4. The number of likely N-dealkylation sites (N-methyl/N-ethyl adjacent to an activating group) is 1. The number of hydrogen-bond acceptors (Lipinski definition) is 21. The number of nitrogens with one attached hydrogen (secondary N) is 2. The molecule has 41 heteroatoms. The Hall–Kier alpha value is -12.4. The zero-order chi connectivity index (χ0) is 87.3. The molecular weight excluding hydrogens is 1700 g/mol. The van der Waals surface area contributed by atoms with Gasteiger partial charge in [-0.25, -0.2) is 59.9 Å². The molecule has 17 rings (SSSR count). The summed E-state index contributed by atoms with van der Waals surface area (Å²) in [7, 11) is 3.15. The number of carbonyl (C=O) groups is 4. The first-order chi connectivity index (χ1) is 57.4. The molecule has 0 unspecified atom stereocenters. The molecule has 5 fully saturated rings. The van der Waals surface area contributed by atoms with Crippen molar-refractivity contribution in [2.75, 3.05) is 92.8 Å². The number of nitrogens with zero attached hydrogens (tertiary/aromatic N) is 9. The van der Waals surface area contributed by atoms with Gasteiger partial charge in [0.2, 0.25) is 21.7 Å². The number of benzene rings is 5. The summed E-state index contributed by atoms with van der Waals surface area (Å²) in [6.07, 6.45) is 7.16. The van der Waals surface area contributed by atoms with E-state index in [1.165, 1.54) is 30.5 Å². The molecule has 2 saturated carbocycles. The molecule has 4 aliphatic heterocycles. The van der Waals surface area contributed by atoms with Crippen molar-refractivity contribution in [3.8, 4) is 34.3 Å². The lowest BCUT2D eigenvalue weighted by atomic mass is 9.89. The third-order valence-corrected chi connectivity index (χ3v) is 23.1. The predicted molar refractivity (Wildman–Crippen MR) is 428 cm³/mol. The van der Waals surface area contributed by atoms with Gasteiger partial charge in [-0.3, -0.25) is 32.7 Å². The summed E-state index contributed by atoms with van der Waals surface area (Å²) in [5, 5.41) is 52.4. The van der Waals surface area contributed by atoms with Crippen LogP contribution in [0.4, 0.5) is 72.6 Å². The average Bonchev–Trinajstić information content (AvgIpc) is 0.991. The Morgan fingerprint density at radius 1 is 0.620 bits per heavy atom. The van der Waals surface area contributed by atoms with Crippen LogP contribution in [0.3, 0.4) is 0 Å². The number of rotatable bonds is 18. The maximum absolute atomic E-state index is 15.2. The van der Waals surface area contributed by atoms with E-state index in [1.807, 2.05) is 18.2 Å². The van der Waals surface area contributed by atoms with Crippen LogP contribution in [-0.2, 0) is 6.54 Å². The molecule has 0 radical (unpaired) electrons. The van der Waals surface area contributed by atoms with Crippen LogP contribution in [0, 0.1) is 46.1 Å². The van der Waals surface area contributed by atoms with Crippen LogP contribution in [0.5, 0.6) is 11.5 Å². The number of ether oxygens (including phenoxy) is 2. The van der Waals surface area contributed by atoms with Gasteiger partial charge in [-0.15, -0.1) is 0 Å². The molecule has 11 aromatic rings. The van der Waals surface area contributed by atoms with E-state index in [9.17, 15) is 103 Å². The largest absolute Gasteiger partial charge is 0.492 e. The van der Waals surface area contributed by atoms with Gasteiger partial charge in [-0.05, 0) is 115 Å². The monoisotopic (exact) mass is 1770 g/mol. The molecule has 5 aromatic carbocycles. The fraction of sp³-hybridized carbons (Fsp3) is 0.300. The highest BCUT2D eigenvalue weighted by molar-refractivity contribution is 9.10. The zero-order valence-corrected chi connectivity index (χ0v) is 65.9. The molecule has 13 N–H and O–H groups in total. The molecule has 6 aliphatic rings. The first-order valence-corrected chi connectivity index (χ1v) is 38.3. The van der Waals surface area contributed by atoms with Crippen molar-refractivity contribution in [1.29, 1.82) is 0 Å². The second kappa shape index (κ2) is 33.0. The number of nitrogens with two attached hydrogens (primary N) is 3. The third-order valence-electron chi connectivity index (χ3n) is 22.0. The van der Waals surface area contributed by atoms with Crippen LogP contribution in [0.25, 0.3) is 66.4 Å². The number of carboxylic acids is 4. The van der Waals surface area contributed by atoms with Gasteiger partial charge in [0.1, 0.15) is 39.6 Å². The van der Waals surface area contributed by atoms with Crippen LogP contribution in [0.15, 0.2) is 109 Å². The van der Waals surface area contributed by atoms with E-state index in [0.29, 0.717) is 61.4 Å². The van der Waals surface area contributed by atoms with Gasteiger partial charge in [0.15, 0.2) is 63.9 Å². The molecular formula is C80H70BrClF10N14O15. The van der Waals surface area contributed by atoms with Crippen LogP contribution in [0.2, 0.25) is 5.02 Å². The number of nitrogen functional groups attached to an aromatic ring is 2. The van der Waals surface area contributed by atoms with E-state index in [-0.39, 0.29) is 127 Å². The number of aromatic nitrogens is 6. The number of β-amino-alcohol motifs (C(OH)–C–C–N with tert-alkyl or cyclic N) is 1. The molecule has 3 saturated heterocycles. The van der Waals surface area contributed by atoms with Crippen LogP contribution in [-0.4, -0.2) is 163 Å². The minimum Gasteiger partial charge on any atom is -0.492 e. The van der Waals surface area contributed by atoms with Crippen molar-refractivity contribution in [2.45, 2.75) is 82.5 Å². The maximum Gasteiger partial charge on any atom is 0.387 e. The number of halogens is 12. The molecule has 2 atom stereocenters. The Balaban J connectivity index is 0.000000132. The number of fused-ring (bicyclic) bond motifs is 5. The Kier molecular flexibility index (Phi) is 23.2. The Bertz CT molecular complexity index is 6460. The molecule has 2 aliphatic carbocycles. The van der Waals surface area contributed by atoms with Gasteiger partial charge in [0, 0.05) is 124 Å². The van der Waals surface area contributed by atoms with Gasteiger partial charge in [-0.2, -0.15) is 8.78 Å². The number of aliphatic hydroxyl groups is 1. The molecule has 29 nitrogen and oxygen atoms in total. The molecule has 0 bridgehead atoms. The fourth-order valence-electron chi connectivity index (χ4n) is 15.3. The molecule has 10 heterocycles. The summed E-state index contributed by atoms with van der Waals surface area (Å²) in [6, 6.07) is 12.8. The lowest BCUT2D eigenvalue weighted by molar-refractivity contribution is -0.0486. The first-order valence-electron chi connectivity index (χ1n) is 37.1. The standard InChI is InChI=1S/C23H20F2N2O4.C20H23F2N3O4.C19H15BrF3N5O3.C18H12ClF3N4O4/c1-11-15-5-2-12(8-13(15)9-26-11)16-6-7-17-19(21(16)31-23(24)25)27(14-3-4-14)10-18(20(17)28)22(29)30;1-29-18-15-12(17(26)13(19(27)28)7-25(15)11-2-3-11)6-14(22)16(18)24-5-4-20(8-21,9-23)10-24;1-25-7-4-27(5-7)15-10(21)2-8-14(13(15)20)28(6-9(16(8)29)19(30)31)18-12(23)3-11(22)17(24)26-18;19-12-13-7(1-9(20)14(12)25-3-6(27)4-25)15(28)8(18(29)30)5-26(13)17-11(22)2-10(21)16(23)24-17/h2,5-8,10-11,14,23,26H,3-4,9H2,1H3,(H,29,30);6-7,11H,2-5,8-10,23H2,1H3,(H,27,28);2-3,6-7,25H,4-5H2,1H3,(H2,24,26)(H,30,31);1-2,5-6,27H,3-4H2,(H2,23,24)(H,29,30)/t11-;20-;;/m10../s1. The minimum absolute atomic E-state index is 0.0240. The van der Waals surface area contributed by atoms with Crippen LogP contribution < -0.4 is 73.7 Å². The van der Waals surface area contributed by atoms with Crippen molar-refractivity contribution < 1.29 is 98.1 Å². The summed E-state index contributed by atoms with van der Waals surface area (Å²) >= 11 is 9.64. The van der Waals surface area contributed by atoms with Gasteiger partial charge in [-0.1, -0.05) is 23.7 Å². The van der Waals surface area contributed by atoms with Gasteiger partial charge in [0.05, 0.1) is 84.4 Å². The number of anilines is 5. The number of hydrogen-bond donors (Lipinski definition) is 10. The topological polar surface area (TPSA) is 414 Å². The number of methoxy groups -OCH3 is 1. The minimum atomic E-state index is -3.10. The summed E-state index contributed by atoms with van der Waals surface area (Å²) in [4.78, 5) is 109. The SMILES string of the molecule is CNC1CN(c2c(F)cc3c(=O)c(C(=O)O)cn(-c4nc(N)c(F)cc4F)c3c2Br)C1.COc1c(N2CC[C@@](CN)(CF)C2)c(F)cc2c(=O)c(C(=O)O)cn(C3CC3)c12.C[C@H]1NCc2cc(-c3ccc4c(=O)c(C(=O)O)cn(C5CC5)c4c3OC(F)F)ccc21.Nc1nc(-n2cc(C(=O)O)c(=O)c3cc(F)c(N4CC(O)C4)c(Cl)c32)c(F)cc1F. The maximum atomic E-state index is 15.2. The average molecular weight is 1770 g/mol. The highest BCUT2D eigenvalue weighted by Crippen LogP contribution is 2.49. The lowest BCUT2D eigenvalue weighted by Crippen LogP contribution is -2.57. The lowest BCUT2D eigenvalue weighted by Gasteiger charge is -2.41. The second-order valence-corrected chi connectivity index (χ2v) is 30.9. The van der Waals surface area contributed by atoms with Crippen LogP contribution in [0.1, 0.15) is 110 Å². The molecule has 121 heavy (non-hydrogen) atoms. The highest BCUT2D eigenvalue weighted by Gasteiger charge is 2.42. The number of aliphatic hydroxyl groups excluding tert-OH is 1. The van der Waals surface area contributed by atoms with Crippen LogP contribution >= 0.6 is 27.5 Å². The summed E-state index contributed by atoms with van der Waals surface area (Å²) in [5.74, 6) is -15.4. The Morgan fingerprint density at radius 3 is 1.56 bits per heavy atom. The molecule has 0 spiro atoms. The van der Waals surface area contributed by atoms with Gasteiger partial charge in [0.25, 0.3) is 0 Å². The van der Waals surface area contributed by atoms with Gasteiger partial charge >= 0.3 is 30.5 Å². The molecule has 0 amide bonds. The Labute approximate surface area is 688 Å². The first kappa shape index (κ1) is 85.1. The zero-order valence-electron chi connectivity index (χ0n) is 63.6. The predicted octanol–water partition coefficient (Wildman–Crippen LogP) is 10.9. The summed E-state index contributed by atoms with van der Waals surface area (Å²) in [5.41, 5.74) is 13.9. The van der Waals surface area contributed by atoms with E-state index >= 15 is 4.39 Å². The number of carboxylic acid groups (broad SMARTS) is 4. The summed E-state index contributed by atoms with van der Waals surface area (Å²) < 4.78 is 157. The van der Waals surface area contributed by atoms with E-state index in [4.69, 9.17) is 38.3 Å². The second-order valence-electron chi connectivity index (χ2n) is 29.7. The molecule has 6 aromatic heterocycles. The van der Waals surface area contributed by atoms with Crippen molar-refractivity contribution in [2.24, 2.45) is 11.1 Å². The normalized spacial score (nSPS) is 16.9. The van der Waals surface area contributed by atoms with Crippen molar-refractivity contribution in [1.82, 2.24) is 38.9 Å². The van der Waals surface area contributed by atoms with Gasteiger partial charge < -0.3 is 86.7 Å². The van der Waals surface area contributed by atoms with E-state index in [2.05, 4.69) is 43.5 Å². The van der Waals surface area contributed by atoms with Crippen molar-refractivity contribution >= 4 is 124 Å². The van der Waals surface area contributed by atoms with E-state index < -0.39 is 156 Å². The van der Waals surface area contributed by atoms with Crippen molar-refractivity contribution in [3.63, 3.8) is 0 Å². The summed E-state index contributed by atoms with van der Waals surface area (Å²) in [6.45, 7) is 0.904. The van der Waals surface area contributed by atoms with E-state index in [1.54, 1.807) is 32.0 Å². The van der Waals surface area contributed by atoms with Crippen molar-refractivity contribution in [3.05, 3.63) is 210 Å². The van der Waals surface area contributed by atoms with E-state index in [0.717, 1.165) is 76.5 Å². The number of pyridine rings is 6. The highest BCUT2D eigenvalue weighted by atomic mass is 79.9. The third kappa shape index (κ3) is 15.6. The number of alkyl halides is 3.